The molecular formula is C15H19ClN4O2. The van der Waals surface area contributed by atoms with Crippen molar-refractivity contribution < 1.29 is 9.32 Å². The molecule has 1 N–H and O–H groups in total. The highest BCUT2D eigenvalue weighted by molar-refractivity contribution is 6.30. The van der Waals surface area contributed by atoms with Crippen molar-refractivity contribution in [1.82, 2.24) is 19.9 Å². The molecule has 0 spiro atoms. The third kappa shape index (κ3) is 3.03. The molecule has 22 heavy (non-hydrogen) atoms. The number of carbonyl (C=O) groups excluding carboxylic acids is 1. The standard InChI is InChI=1S/C15H19ClN4O2/c1-10-13(11(2)22-18-10)9-19-3-5-20(6-4-19)15(21)14-7-12(16)8-17-14/h7-8,17H,3-6,9H2,1-2H3. The fraction of sp³-hybridized carbons (Fsp3) is 0.467. The molecule has 3 heterocycles. The molecule has 6 nitrogen and oxygen atoms in total. The Hall–Kier alpha value is -1.79. The van der Waals surface area contributed by atoms with E-state index in [0.29, 0.717) is 23.8 Å². The Kier molecular flexibility index (Phi) is 4.22. The van der Waals surface area contributed by atoms with Crippen LogP contribution >= 0.6 is 11.6 Å². The zero-order chi connectivity index (χ0) is 15.7. The minimum Gasteiger partial charge on any atom is -0.361 e. The first-order valence-corrected chi connectivity index (χ1v) is 7.69. The zero-order valence-electron chi connectivity index (χ0n) is 12.7. The highest BCUT2D eigenvalue weighted by atomic mass is 35.5. The summed E-state index contributed by atoms with van der Waals surface area (Å²) in [6.45, 7) is 7.80. The summed E-state index contributed by atoms with van der Waals surface area (Å²) >= 11 is 5.85. The van der Waals surface area contributed by atoms with Crippen molar-refractivity contribution in [2.75, 3.05) is 26.2 Å². The molecule has 0 unspecified atom stereocenters. The smallest absolute Gasteiger partial charge is 0.270 e. The van der Waals surface area contributed by atoms with Gasteiger partial charge in [-0.3, -0.25) is 9.69 Å². The molecule has 3 rings (SSSR count). The number of H-pyrrole nitrogens is 1. The summed E-state index contributed by atoms with van der Waals surface area (Å²) in [5.74, 6) is 0.876. The Labute approximate surface area is 134 Å². The maximum absolute atomic E-state index is 12.3. The van der Waals surface area contributed by atoms with Gasteiger partial charge in [0.2, 0.25) is 0 Å². The number of amides is 1. The van der Waals surface area contributed by atoms with Gasteiger partial charge in [-0.15, -0.1) is 0 Å². The van der Waals surface area contributed by atoms with E-state index in [4.69, 9.17) is 16.1 Å². The SMILES string of the molecule is Cc1noc(C)c1CN1CCN(C(=O)c2cc(Cl)c[nH]2)CC1. The maximum Gasteiger partial charge on any atom is 0.270 e. The molecule has 0 saturated carbocycles. The van der Waals surface area contributed by atoms with E-state index in [1.165, 1.54) is 0 Å². The molecule has 0 aromatic carbocycles. The third-order valence-electron chi connectivity index (χ3n) is 4.10. The lowest BCUT2D eigenvalue weighted by Crippen LogP contribution is -2.48. The molecule has 0 atom stereocenters. The van der Waals surface area contributed by atoms with Gasteiger partial charge in [0, 0.05) is 44.5 Å². The van der Waals surface area contributed by atoms with Gasteiger partial charge in [-0.2, -0.15) is 0 Å². The average molecular weight is 323 g/mol. The fourth-order valence-corrected chi connectivity index (χ4v) is 2.89. The summed E-state index contributed by atoms with van der Waals surface area (Å²) < 4.78 is 5.20. The molecule has 1 aliphatic rings. The molecule has 7 heteroatoms. The Bertz CT molecular complexity index is 651. The first kappa shape index (κ1) is 15.1. The number of nitrogens with one attached hydrogen (secondary N) is 1. The van der Waals surface area contributed by atoms with Gasteiger partial charge < -0.3 is 14.4 Å². The van der Waals surface area contributed by atoms with Crippen LogP contribution in [0.2, 0.25) is 5.02 Å². The number of piperazine rings is 1. The summed E-state index contributed by atoms with van der Waals surface area (Å²) in [4.78, 5) is 19.4. The van der Waals surface area contributed by atoms with Gasteiger partial charge in [-0.1, -0.05) is 16.8 Å². The van der Waals surface area contributed by atoms with E-state index in [1.807, 2.05) is 18.7 Å². The van der Waals surface area contributed by atoms with E-state index in [0.717, 1.165) is 36.7 Å². The van der Waals surface area contributed by atoms with Crippen molar-refractivity contribution in [2.24, 2.45) is 0 Å². The average Bonchev–Trinajstić information content (AvgIpc) is 3.08. The van der Waals surface area contributed by atoms with Crippen LogP contribution in [0.1, 0.15) is 27.5 Å². The lowest BCUT2D eigenvalue weighted by atomic mass is 10.1. The van der Waals surface area contributed by atoms with Crippen molar-refractivity contribution in [3.05, 3.63) is 40.0 Å². The number of nitrogens with zero attached hydrogens (tertiary/aromatic N) is 3. The van der Waals surface area contributed by atoms with Gasteiger partial charge in [0.05, 0.1) is 10.7 Å². The van der Waals surface area contributed by atoms with Gasteiger partial charge in [0.25, 0.3) is 5.91 Å². The van der Waals surface area contributed by atoms with Crippen LogP contribution in [-0.2, 0) is 6.54 Å². The quantitative estimate of drug-likeness (QED) is 0.941. The van der Waals surface area contributed by atoms with Crippen molar-refractivity contribution in [2.45, 2.75) is 20.4 Å². The molecule has 1 saturated heterocycles. The number of aromatic amines is 1. The zero-order valence-corrected chi connectivity index (χ0v) is 13.5. The Morgan fingerprint density at radius 1 is 1.36 bits per heavy atom. The van der Waals surface area contributed by atoms with E-state index >= 15 is 0 Å². The topological polar surface area (TPSA) is 65.4 Å². The second-order valence-corrected chi connectivity index (χ2v) is 6.04. The van der Waals surface area contributed by atoms with Crippen LogP contribution in [0.15, 0.2) is 16.8 Å². The summed E-state index contributed by atoms with van der Waals surface area (Å²) in [6, 6.07) is 1.67. The molecule has 118 valence electrons. The molecule has 2 aromatic rings. The predicted molar refractivity (Wildman–Crippen MR) is 83.0 cm³/mol. The van der Waals surface area contributed by atoms with Gasteiger partial charge in [0.1, 0.15) is 11.5 Å². The lowest BCUT2D eigenvalue weighted by Gasteiger charge is -2.34. The van der Waals surface area contributed by atoms with Crippen LogP contribution in [0, 0.1) is 13.8 Å². The summed E-state index contributed by atoms with van der Waals surface area (Å²) in [6.07, 6.45) is 1.63. The Balaban J connectivity index is 1.57. The van der Waals surface area contributed by atoms with Crippen LogP contribution in [0.5, 0.6) is 0 Å². The van der Waals surface area contributed by atoms with Crippen LogP contribution in [0.4, 0.5) is 0 Å². The molecule has 0 bridgehead atoms. The van der Waals surface area contributed by atoms with Gasteiger partial charge in [0.15, 0.2) is 0 Å². The number of rotatable bonds is 3. The lowest BCUT2D eigenvalue weighted by molar-refractivity contribution is 0.0622. The first-order valence-electron chi connectivity index (χ1n) is 7.32. The minimum absolute atomic E-state index is 0.00360. The number of halogens is 1. The molecule has 2 aromatic heterocycles. The van der Waals surface area contributed by atoms with Gasteiger partial charge in [-0.05, 0) is 19.9 Å². The van der Waals surface area contributed by atoms with E-state index in [9.17, 15) is 4.79 Å². The highest BCUT2D eigenvalue weighted by Gasteiger charge is 2.24. The molecule has 1 fully saturated rings. The van der Waals surface area contributed by atoms with E-state index in [1.54, 1.807) is 12.3 Å². The van der Waals surface area contributed by atoms with E-state index < -0.39 is 0 Å². The second kappa shape index (κ2) is 6.14. The highest BCUT2D eigenvalue weighted by Crippen LogP contribution is 2.17. The second-order valence-electron chi connectivity index (χ2n) is 5.60. The fourth-order valence-electron chi connectivity index (χ4n) is 2.72. The normalized spacial score (nSPS) is 16.2. The van der Waals surface area contributed by atoms with Crippen molar-refractivity contribution in [1.29, 1.82) is 0 Å². The van der Waals surface area contributed by atoms with Gasteiger partial charge >= 0.3 is 0 Å². The largest absolute Gasteiger partial charge is 0.361 e. The molecule has 0 radical (unpaired) electrons. The van der Waals surface area contributed by atoms with Crippen molar-refractivity contribution in [3.63, 3.8) is 0 Å². The minimum atomic E-state index is 0.00360. The molecular weight excluding hydrogens is 304 g/mol. The monoisotopic (exact) mass is 322 g/mol. The number of carbonyl (C=O) groups is 1. The number of aryl methyl sites for hydroxylation is 2. The summed E-state index contributed by atoms with van der Waals surface area (Å²) in [5, 5.41) is 4.54. The maximum atomic E-state index is 12.3. The molecule has 1 amide bonds. The van der Waals surface area contributed by atoms with Crippen molar-refractivity contribution in [3.8, 4) is 0 Å². The molecule has 1 aliphatic heterocycles. The number of hydrogen-bond donors (Lipinski definition) is 1. The number of hydrogen-bond acceptors (Lipinski definition) is 4. The van der Waals surface area contributed by atoms with Crippen LogP contribution in [0.3, 0.4) is 0 Å². The van der Waals surface area contributed by atoms with Gasteiger partial charge in [-0.25, -0.2) is 0 Å². The van der Waals surface area contributed by atoms with Crippen LogP contribution in [-0.4, -0.2) is 52.0 Å². The first-order chi connectivity index (χ1) is 10.5. The summed E-state index contributed by atoms with van der Waals surface area (Å²) in [7, 11) is 0. The Morgan fingerprint density at radius 2 is 2.09 bits per heavy atom. The Morgan fingerprint density at radius 3 is 2.64 bits per heavy atom. The number of aromatic nitrogens is 2. The predicted octanol–water partition coefficient (Wildman–Crippen LogP) is 2.23. The molecule has 0 aliphatic carbocycles. The van der Waals surface area contributed by atoms with Crippen molar-refractivity contribution >= 4 is 17.5 Å². The van der Waals surface area contributed by atoms with Crippen LogP contribution in [0.25, 0.3) is 0 Å². The van der Waals surface area contributed by atoms with E-state index in [-0.39, 0.29) is 5.91 Å². The van der Waals surface area contributed by atoms with Crippen LogP contribution < -0.4 is 0 Å². The van der Waals surface area contributed by atoms with E-state index in [2.05, 4.69) is 15.0 Å². The summed E-state index contributed by atoms with van der Waals surface area (Å²) in [5.41, 5.74) is 2.64. The third-order valence-corrected chi connectivity index (χ3v) is 4.32.